The van der Waals surface area contributed by atoms with E-state index in [2.05, 4.69) is 15.5 Å². The molecule has 0 aliphatic carbocycles. The highest BCUT2D eigenvalue weighted by Gasteiger charge is 2.10. The minimum absolute atomic E-state index is 0. The first-order chi connectivity index (χ1) is 8.75. The Morgan fingerprint density at radius 2 is 1.89 bits per heavy atom. The van der Waals surface area contributed by atoms with Crippen molar-refractivity contribution in [1.29, 1.82) is 0 Å². The van der Waals surface area contributed by atoms with Gasteiger partial charge in [-0.3, -0.25) is 9.69 Å². The molecule has 0 aromatic heterocycles. The van der Waals surface area contributed by atoms with Gasteiger partial charge >= 0.3 is 0 Å². The lowest BCUT2D eigenvalue weighted by molar-refractivity contribution is 0.0947. The van der Waals surface area contributed by atoms with E-state index in [1.165, 1.54) is 0 Å². The molecule has 0 atom stereocenters. The third kappa shape index (κ3) is 5.37. The van der Waals surface area contributed by atoms with Crippen LogP contribution < -0.4 is 10.6 Å². The number of nitrogens with zero attached hydrogens (tertiary/aromatic N) is 1. The van der Waals surface area contributed by atoms with E-state index in [1.54, 1.807) is 24.3 Å². The molecule has 1 aliphatic heterocycles. The van der Waals surface area contributed by atoms with Crippen molar-refractivity contribution in [1.82, 2.24) is 15.5 Å². The quantitative estimate of drug-likeness (QED) is 0.884. The number of amides is 1. The summed E-state index contributed by atoms with van der Waals surface area (Å²) in [6, 6.07) is 6.94. The van der Waals surface area contributed by atoms with Gasteiger partial charge in [0, 0.05) is 49.9 Å². The molecule has 1 amide bonds. The summed E-state index contributed by atoms with van der Waals surface area (Å²) >= 11 is 5.78. The van der Waals surface area contributed by atoms with Gasteiger partial charge in [0.15, 0.2) is 0 Å². The van der Waals surface area contributed by atoms with Gasteiger partial charge in [-0.2, -0.15) is 0 Å². The molecular weight excluding hydrogens is 285 g/mol. The van der Waals surface area contributed by atoms with Crippen LogP contribution in [0.15, 0.2) is 24.3 Å². The molecule has 1 heterocycles. The van der Waals surface area contributed by atoms with Crippen LogP contribution in [0.4, 0.5) is 0 Å². The number of hydrogen-bond acceptors (Lipinski definition) is 3. The average Bonchev–Trinajstić information content (AvgIpc) is 2.40. The fourth-order valence-electron chi connectivity index (χ4n) is 1.97. The molecule has 2 N–H and O–H groups in total. The number of piperazine rings is 1. The zero-order chi connectivity index (χ0) is 12.8. The van der Waals surface area contributed by atoms with Crippen molar-refractivity contribution < 1.29 is 4.79 Å². The standard InChI is InChI=1S/C13H18ClN3O.ClH/c14-12-3-1-11(2-4-12)13(18)16-7-10-17-8-5-15-6-9-17;/h1-4,15H,5-10H2,(H,16,18);1H. The highest BCUT2D eigenvalue weighted by Crippen LogP contribution is 2.09. The lowest BCUT2D eigenvalue weighted by atomic mass is 10.2. The van der Waals surface area contributed by atoms with Crippen molar-refractivity contribution in [3.05, 3.63) is 34.9 Å². The van der Waals surface area contributed by atoms with Gasteiger partial charge in [0.1, 0.15) is 0 Å². The van der Waals surface area contributed by atoms with E-state index in [9.17, 15) is 4.79 Å². The van der Waals surface area contributed by atoms with Crippen LogP contribution in [-0.4, -0.2) is 50.1 Å². The Morgan fingerprint density at radius 1 is 1.26 bits per heavy atom. The summed E-state index contributed by atoms with van der Waals surface area (Å²) in [4.78, 5) is 14.2. The highest BCUT2D eigenvalue weighted by atomic mass is 35.5. The summed E-state index contributed by atoms with van der Waals surface area (Å²) in [5, 5.41) is 6.87. The van der Waals surface area contributed by atoms with Gasteiger partial charge < -0.3 is 10.6 Å². The van der Waals surface area contributed by atoms with E-state index < -0.39 is 0 Å². The molecule has 0 radical (unpaired) electrons. The number of halogens is 2. The van der Waals surface area contributed by atoms with Crippen LogP contribution in [0.25, 0.3) is 0 Å². The lowest BCUT2D eigenvalue weighted by Crippen LogP contribution is -2.46. The average molecular weight is 304 g/mol. The molecule has 19 heavy (non-hydrogen) atoms. The zero-order valence-electron chi connectivity index (χ0n) is 10.7. The molecule has 2 rings (SSSR count). The van der Waals surface area contributed by atoms with Crippen LogP contribution in [0.1, 0.15) is 10.4 Å². The number of carbonyl (C=O) groups is 1. The van der Waals surface area contributed by atoms with Gasteiger partial charge in [-0.25, -0.2) is 0 Å². The normalized spacial score (nSPS) is 15.6. The lowest BCUT2D eigenvalue weighted by Gasteiger charge is -2.27. The van der Waals surface area contributed by atoms with E-state index in [4.69, 9.17) is 11.6 Å². The summed E-state index contributed by atoms with van der Waals surface area (Å²) in [7, 11) is 0. The Bertz CT molecular complexity index is 391. The topological polar surface area (TPSA) is 44.4 Å². The molecule has 6 heteroatoms. The number of benzene rings is 1. The van der Waals surface area contributed by atoms with Crippen LogP contribution in [0.3, 0.4) is 0 Å². The van der Waals surface area contributed by atoms with E-state index in [0.717, 1.165) is 32.7 Å². The van der Waals surface area contributed by atoms with Crippen LogP contribution in [0.2, 0.25) is 5.02 Å². The van der Waals surface area contributed by atoms with Crippen molar-refractivity contribution in [2.45, 2.75) is 0 Å². The van der Waals surface area contributed by atoms with E-state index in [-0.39, 0.29) is 18.3 Å². The number of nitrogens with one attached hydrogen (secondary N) is 2. The molecule has 1 aromatic rings. The first kappa shape index (κ1) is 16.2. The smallest absolute Gasteiger partial charge is 0.251 e. The third-order valence-corrected chi connectivity index (χ3v) is 3.28. The molecule has 106 valence electrons. The van der Waals surface area contributed by atoms with Crippen LogP contribution >= 0.6 is 24.0 Å². The van der Waals surface area contributed by atoms with E-state index in [0.29, 0.717) is 17.1 Å². The maximum Gasteiger partial charge on any atom is 0.251 e. The Balaban J connectivity index is 0.00000180. The molecule has 1 fully saturated rings. The predicted octanol–water partition coefficient (Wildman–Crippen LogP) is 1.40. The SMILES string of the molecule is Cl.O=C(NCCN1CCNCC1)c1ccc(Cl)cc1. The predicted molar refractivity (Wildman–Crippen MR) is 80.3 cm³/mol. The van der Waals surface area contributed by atoms with Crippen molar-refractivity contribution in [2.75, 3.05) is 39.3 Å². The Morgan fingerprint density at radius 3 is 2.53 bits per heavy atom. The summed E-state index contributed by atoms with van der Waals surface area (Å²) in [5.41, 5.74) is 0.653. The molecular formula is C13H19Cl2N3O. The molecule has 0 spiro atoms. The second-order valence-electron chi connectivity index (χ2n) is 4.35. The van der Waals surface area contributed by atoms with Crippen molar-refractivity contribution in [3.8, 4) is 0 Å². The number of rotatable bonds is 4. The molecule has 1 saturated heterocycles. The van der Waals surface area contributed by atoms with Crippen molar-refractivity contribution in [2.24, 2.45) is 0 Å². The minimum Gasteiger partial charge on any atom is -0.351 e. The van der Waals surface area contributed by atoms with E-state index in [1.807, 2.05) is 0 Å². The minimum atomic E-state index is -0.0400. The van der Waals surface area contributed by atoms with Gasteiger partial charge in [-0.05, 0) is 24.3 Å². The summed E-state index contributed by atoms with van der Waals surface area (Å²) < 4.78 is 0. The van der Waals surface area contributed by atoms with Gasteiger partial charge in [0.05, 0.1) is 0 Å². The molecule has 1 aliphatic rings. The number of hydrogen-bond donors (Lipinski definition) is 2. The fourth-order valence-corrected chi connectivity index (χ4v) is 2.09. The zero-order valence-corrected chi connectivity index (χ0v) is 12.3. The summed E-state index contributed by atoms with van der Waals surface area (Å²) in [6.07, 6.45) is 0. The second kappa shape index (κ2) is 8.38. The van der Waals surface area contributed by atoms with Gasteiger partial charge in [-0.1, -0.05) is 11.6 Å². The van der Waals surface area contributed by atoms with Gasteiger partial charge in [-0.15, -0.1) is 12.4 Å². The first-order valence-electron chi connectivity index (χ1n) is 6.22. The Hall–Kier alpha value is -0.810. The highest BCUT2D eigenvalue weighted by molar-refractivity contribution is 6.30. The summed E-state index contributed by atoms with van der Waals surface area (Å²) in [6.45, 7) is 5.76. The molecule has 4 nitrogen and oxygen atoms in total. The molecule has 0 saturated carbocycles. The monoisotopic (exact) mass is 303 g/mol. The Kier molecular flexibility index (Phi) is 7.16. The third-order valence-electron chi connectivity index (χ3n) is 3.03. The maximum absolute atomic E-state index is 11.8. The maximum atomic E-state index is 11.8. The van der Waals surface area contributed by atoms with Gasteiger partial charge in [0.2, 0.25) is 0 Å². The molecule has 0 unspecified atom stereocenters. The van der Waals surface area contributed by atoms with Crippen LogP contribution in [0.5, 0.6) is 0 Å². The first-order valence-corrected chi connectivity index (χ1v) is 6.60. The van der Waals surface area contributed by atoms with Crippen molar-refractivity contribution >= 4 is 29.9 Å². The van der Waals surface area contributed by atoms with Gasteiger partial charge in [0.25, 0.3) is 5.91 Å². The number of carbonyl (C=O) groups excluding carboxylic acids is 1. The van der Waals surface area contributed by atoms with Crippen molar-refractivity contribution in [3.63, 3.8) is 0 Å². The molecule has 0 bridgehead atoms. The van der Waals surface area contributed by atoms with Crippen LogP contribution in [0, 0.1) is 0 Å². The second-order valence-corrected chi connectivity index (χ2v) is 4.79. The fraction of sp³-hybridized carbons (Fsp3) is 0.462. The largest absolute Gasteiger partial charge is 0.351 e. The van der Waals surface area contributed by atoms with Crippen LogP contribution in [-0.2, 0) is 0 Å². The molecule has 1 aromatic carbocycles. The summed E-state index contributed by atoms with van der Waals surface area (Å²) in [5.74, 6) is -0.0400. The Labute approximate surface area is 124 Å². The van der Waals surface area contributed by atoms with E-state index >= 15 is 0 Å².